The number of carbonyl (C=O) groups is 1. The number of carbonyl (C=O) groups excluding carboxylic acids is 1. The largest absolute Gasteiger partial charge is 0.495 e. The zero-order chi connectivity index (χ0) is 12.7. The molecule has 0 atom stereocenters. The summed E-state index contributed by atoms with van der Waals surface area (Å²) in [4.78, 5) is 11.9. The van der Waals surface area contributed by atoms with Crippen LogP contribution in [0.5, 0.6) is 5.75 Å². The van der Waals surface area contributed by atoms with Gasteiger partial charge in [-0.3, -0.25) is 4.79 Å². The minimum Gasteiger partial charge on any atom is -0.495 e. The summed E-state index contributed by atoms with van der Waals surface area (Å²) in [5, 5.41) is 2.85. The predicted molar refractivity (Wildman–Crippen MR) is 69.3 cm³/mol. The van der Waals surface area contributed by atoms with Crippen LogP contribution in [0.15, 0.2) is 18.2 Å². The van der Waals surface area contributed by atoms with Crippen LogP contribution in [0.4, 0.5) is 5.69 Å². The van der Waals surface area contributed by atoms with Gasteiger partial charge < -0.3 is 15.8 Å². The number of hydrogen-bond donors (Lipinski definition) is 2. The molecule has 0 fully saturated rings. The maximum absolute atomic E-state index is 11.9. The number of anilines is 1. The van der Waals surface area contributed by atoms with Crippen molar-refractivity contribution in [1.29, 1.82) is 0 Å². The summed E-state index contributed by atoms with van der Waals surface area (Å²) in [6, 6.07) is 5.20. The van der Waals surface area contributed by atoms with E-state index in [-0.39, 0.29) is 5.91 Å². The first-order chi connectivity index (χ1) is 8.20. The standard InChI is InChI=1S/C13H20N2O2/c1-3-4-5-9-15-13(16)10-7-6-8-11(17-2)12(10)14/h6-8H,3-5,9,14H2,1-2H3,(H,15,16). The van der Waals surface area contributed by atoms with Crippen LogP contribution >= 0.6 is 0 Å². The van der Waals surface area contributed by atoms with Crippen LogP contribution in [-0.4, -0.2) is 19.6 Å². The lowest BCUT2D eigenvalue weighted by Gasteiger charge is -2.10. The molecule has 0 saturated carbocycles. The number of rotatable bonds is 6. The van der Waals surface area contributed by atoms with Crippen molar-refractivity contribution >= 4 is 11.6 Å². The highest BCUT2D eigenvalue weighted by atomic mass is 16.5. The monoisotopic (exact) mass is 236 g/mol. The Balaban J connectivity index is 2.62. The molecule has 0 spiro atoms. The first kappa shape index (κ1) is 13.4. The summed E-state index contributed by atoms with van der Waals surface area (Å²) in [7, 11) is 1.54. The van der Waals surface area contributed by atoms with Crippen LogP contribution in [0.1, 0.15) is 36.5 Å². The Labute approximate surface area is 102 Å². The number of hydrogen-bond acceptors (Lipinski definition) is 3. The van der Waals surface area contributed by atoms with E-state index in [0.29, 0.717) is 23.5 Å². The fourth-order valence-corrected chi connectivity index (χ4v) is 1.59. The second kappa shape index (κ2) is 6.78. The SMILES string of the molecule is CCCCCNC(=O)c1cccc(OC)c1N. The van der Waals surface area contributed by atoms with Gasteiger partial charge in [-0.05, 0) is 18.6 Å². The summed E-state index contributed by atoms with van der Waals surface area (Å²) in [5.74, 6) is 0.392. The number of nitrogens with two attached hydrogens (primary N) is 1. The average molecular weight is 236 g/mol. The summed E-state index contributed by atoms with van der Waals surface area (Å²) in [5.41, 5.74) is 6.70. The van der Waals surface area contributed by atoms with Crippen LogP contribution in [0.2, 0.25) is 0 Å². The minimum atomic E-state index is -0.141. The van der Waals surface area contributed by atoms with E-state index >= 15 is 0 Å². The first-order valence-electron chi connectivity index (χ1n) is 5.91. The number of nitrogens with one attached hydrogen (secondary N) is 1. The Kier molecular flexibility index (Phi) is 5.33. The zero-order valence-electron chi connectivity index (χ0n) is 10.5. The highest BCUT2D eigenvalue weighted by molar-refractivity contribution is 6.00. The Morgan fingerprint density at radius 1 is 1.41 bits per heavy atom. The van der Waals surface area contributed by atoms with Crippen LogP contribution in [-0.2, 0) is 0 Å². The second-order valence-corrected chi connectivity index (χ2v) is 3.88. The summed E-state index contributed by atoms with van der Waals surface area (Å²) < 4.78 is 5.07. The molecule has 1 rings (SSSR count). The van der Waals surface area contributed by atoms with Gasteiger partial charge in [-0.1, -0.05) is 25.8 Å². The van der Waals surface area contributed by atoms with Gasteiger partial charge >= 0.3 is 0 Å². The normalized spacial score (nSPS) is 10.0. The molecule has 0 heterocycles. The third kappa shape index (κ3) is 3.66. The van der Waals surface area contributed by atoms with Crippen molar-refractivity contribution in [3.05, 3.63) is 23.8 Å². The number of amides is 1. The molecule has 1 aromatic rings. The molecule has 0 bridgehead atoms. The number of para-hydroxylation sites is 1. The maximum atomic E-state index is 11.9. The Bertz CT molecular complexity index is 378. The van der Waals surface area contributed by atoms with Crippen molar-refractivity contribution in [2.75, 3.05) is 19.4 Å². The van der Waals surface area contributed by atoms with E-state index in [1.165, 1.54) is 7.11 Å². The quantitative estimate of drug-likeness (QED) is 0.588. The lowest BCUT2D eigenvalue weighted by molar-refractivity contribution is 0.0953. The molecule has 0 unspecified atom stereocenters. The molecule has 0 radical (unpaired) electrons. The average Bonchev–Trinajstić information content (AvgIpc) is 2.34. The fraction of sp³-hybridized carbons (Fsp3) is 0.462. The van der Waals surface area contributed by atoms with E-state index in [1.54, 1.807) is 18.2 Å². The Hall–Kier alpha value is -1.71. The molecule has 1 amide bonds. The highest BCUT2D eigenvalue weighted by Gasteiger charge is 2.11. The third-order valence-corrected chi connectivity index (χ3v) is 2.60. The van der Waals surface area contributed by atoms with Crippen molar-refractivity contribution in [1.82, 2.24) is 5.32 Å². The van der Waals surface area contributed by atoms with Crippen molar-refractivity contribution in [2.24, 2.45) is 0 Å². The topological polar surface area (TPSA) is 64.3 Å². The first-order valence-corrected chi connectivity index (χ1v) is 5.91. The molecule has 94 valence electrons. The molecule has 0 aliphatic heterocycles. The zero-order valence-corrected chi connectivity index (χ0v) is 10.5. The van der Waals surface area contributed by atoms with E-state index in [0.717, 1.165) is 19.3 Å². The van der Waals surface area contributed by atoms with E-state index in [1.807, 2.05) is 0 Å². The summed E-state index contributed by atoms with van der Waals surface area (Å²) >= 11 is 0. The van der Waals surface area contributed by atoms with Gasteiger partial charge in [-0.15, -0.1) is 0 Å². The number of nitrogen functional groups attached to an aromatic ring is 1. The van der Waals surface area contributed by atoms with E-state index in [9.17, 15) is 4.79 Å². The van der Waals surface area contributed by atoms with Crippen molar-refractivity contribution < 1.29 is 9.53 Å². The minimum absolute atomic E-state index is 0.141. The molecule has 17 heavy (non-hydrogen) atoms. The van der Waals surface area contributed by atoms with Crippen LogP contribution < -0.4 is 15.8 Å². The lowest BCUT2D eigenvalue weighted by Crippen LogP contribution is -2.25. The van der Waals surface area contributed by atoms with Crippen LogP contribution in [0, 0.1) is 0 Å². The number of ether oxygens (including phenoxy) is 1. The molecule has 0 aliphatic carbocycles. The second-order valence-electron chi connectivity index (χ2n) is 3.88. The molecule has 0 saturated heterocycles. The van der Waals surface area contributed by atoms with Crippen molar-refractivity contribution in [2.45, 2.75) is 26.2 Å². The number of methoxy groups -OCH3 is 1. The number of unbranched alkanes of at least 4 members (excludes halogenated alkanes) is 2. The predicted octanol–water partition coefficient (Wildman–Crippen LogP) is 2.20. The summed E-state index contributed by atoms with van der Waals surface area (Å²) in [6.45, 7) is 2.81. The van der Waals surface area contributed by atoms with Gasteiger partial charge in [0.05, 0.1) is 18.4 Å². The van der Waals surface area contributed by atoms with Gasteiger partial charge in [-0.2, -0.15) is 0 Å². The molecular formula is C13H20N2O2. The van der Waals surface area contributed by atoms with Gasteiger partial charge in [-0.25, -0.2) is 0 Å². The highest BCUT2D eigenvalue weighted by Crippen LogP contribution is 2.24. The molecule has 3 N–H and O–H groups in total. The lowest BCUT2D eigenvalue weighted by atomic mass is 10.1. The Morgan fingerprint density at radius 3 is 2.82 bits per heavy atom. The van der Waals surface area contributed by atoms with E-state index < -0.39 is 0 Å². The molecule has 4 nitrogen and oxygen atoms in total. The van der Waals surface area contributed by atoms with Gasteiger partial charge in [0.25, 0.3) is 5.91 Å². The molecule has 1 aromatic carbocycles. The van der Waals surface area contributed by atoms with Gasteiger partial charge in [0.2, 0.25) is 0 Å². The van der Waals surface area contributed by atoms with Gasteiger partial charge in [0.15, 0.2) is 0 Å². The molecule has 0 aromatic heterocycles. The Morgan fingerprint density at radius 2 is 2.18 bits per heavy atom. The van der Waals surface area contributed by atoms with Gasteiger partial charge in [0, 0.05) is 6.54 Å². The fourth-order valence-electron chi connectivity index (χ4n) is 1.59. The summed E-state index contributed by atoms with van der Waals surface area (Å²) in [6.07, 6.45) is 3.25. The molecule has 0 aliphatic rings. The maximum Gasteiger partial charge on any atom is 0.253 e. The van der Waals surface area contributed by atoms with Crippen molar-refractivity contribution in [3.63, 3.8) is 0 Å². The molecular weight excluding hydrogens is 216 g/mol. The van der Waals surface area contributed by atoms with E-state index in [2.05, 4.69) is 12.2 Å². The van der Waals surface area contributed by atoms with Crippen LogP contribution in [0.25, 0.3) is 0 Å². The molecule has 4 heteroatoms. The van der Waals surface area contributed by atoms with E-state index in [4.69, 9.17) is 10.5 Å². The van der Waals surface area contributed by atoms with Crippen molar-refractivity contribution in [3.8, 4) is 5.75 Å². The third-order valence-electron chi connectivity index (χ3n) is 2.60. The smallest absolute Gasteiger partial charge is 0.253 e. The van der Waals surface area contributed by atoms with Gasteiger partial charge in [0.1, 0.15) is 5.75 Å². The van der Waals surface area contributed by atoms with Crippen LogP contribution in [0.3, 0.4) is 0 Å². The number of benzene rings is 1.